The normalized spacial score (nSPS) is 19.2. The highest BCUT2D eigenvalue weighted by Crippen LogP contribution is 2.27. The summed E-state index contributed by atoms with van der Waals surface area (Å²) in [5, 5.41) is 11.4. The van der Waals surface area contributed by atoms with Crippen LogP contribution < -0.4 is 4.90 Å². The molecule has 1 N–H and O–H groups in total. The number of anilines is 1. The second-order valence-electron chi connectivity index (χ2n) is 7.54. The van der Waals surface area contributed by atoms with Gasteiger partial charge in [-0.25, -0.2) is 4.98 Å². The summed E-state index contributed by atoms with van der Waals surface area (Å²) < 4.78 is 0. The first kappa shape index (κ1) is 18.4. The molecule has 1 aromatic carbocycles. The number of likely N-dealkylation sites (tertiary alicyclic amines) is 1. The van der Waals surface area contributed by atoms with Crippen molar-refractivity contribution in [3.63, 3.8) is 0 Å². The maximum absolute atomic E-state index is 13.3. The lowest BCUT2D eigenvalue weighted by atomic mass is 9.97. The number of rotatable bonds is 4. The molecule has 2 aromatic heterocycles. The smallest absolute Gasteiger partial charge is 0.254 e. The van der Waals surface area contributed by atoms with E-state index in [4.69, 9.17) is 0 Å². The summed E-state index contributed by atoms with van der Waals surface area (Å²) in [4.78, 5) is 25.7. The SMILES string of the molecule is CN(C)c1cc(C(=O)N2C[C@@H](Cc3ccncc3)[C@H](O)C2)c2ccccc2n1. The van der Waals surface area contributed by atoms with E-state index in [2.05, 4.69) is 9.97 Å². The summed E-state index contributed by atoms with van der Waals surface area (Å²) in [6, 6.07) is 13.4. The summed E-state index contributed by atoms with van der Waals surface area (Å²) >= 11 is 0. The molecule has 144 valence electrons. The minimum atomic E-state index is -0.529. The fourth-order valence-electron chi connectivity index (χ4n) is 3.78. The predicted octanol–water partition coefficient (Wildman–Crippen LogP) is 2.37. The molecular weight excluding hydrogens is 352 g/mol. The highest BCUT2D eigenvalue weighted by Gasteiger charge is 2.35. The Labute approximate surface area is 164 Å². The van der Waals surface area contributed by atoms with Crippen LogP contribution in [0.5, 0.6) is 0 Å². The zero-order valence-corrected chi connectivity index (χ0v) is 16.1. The molecule has 6 heteroatoms. The van der Waals surface area contributed by atoms with E-state index in [0.29, 0.717) is 18.7 Å². The summed E-state index contributed by atoms with van der Waals surface area (Å²) in [5.41, 5.74) is 2.55. The van der Waals surface area contributed by atoms with Crippen LogP contribution >= 0.6 is 0 Å². The van der Waals surface area contributed by atoms with Gasteiger partial charge in [0.2, 0.25) is 0 Å². The lowest BCUT2D eigenvalue weighted by Gasteiger charge is -2.19. The van der Waals surface area contributed by atoms with Gasteiger partial charge in [-0.3, -0.25) is 9.78 Å². The fourth-order valence-corrected chi connectivity index (χ4v) is 3.78. The molecule has 6 nitrogen and oxygen atoms in total. The minimum absolute atomic E-state index is 0.0211. The van der Waals surface area contributed by atoms with Gasteiger partial charge in [-0.2, -0.15) is 0 Å². The first-order valence-electron chi connectivity index (χ1n) is 9.46. The third-order valence-corrected chi connectivity index (χ3v) is 5.33. The number of benzene rings is 1. The van der Waals surface area contributed by atoms with Gasteiger partial charge in [-0.15, -0.1) is 0 Å². The minimum Gasteiger partial charge on any atom is -0.391 e. The quantitative estimate of drug-likeness (QED) is 0.757. The van der Waals surface area contributed by atoms with E-state index >= 15 is 0 Å². The highest BCUT2D eigenvalue weighted by atomic mass is 16.3. The van der Waals surface area contributed by atoms with Gasteiger partial charge in [-0.1, -0.05) is 18.2 Å². The van der Waals surface area contributed by atoms with Crippen LogP contribution in [0.15, 0.2) is 54.9 Å². The van der Waals surface area contributed by atoms with E-state index < -0.39 is 6.10 Å². The molecule has 0 spiro atoms. The number of hydrogen-bond donors (Lipinski definition) is 1. The first-order valence-corrected chi connectivity index (χ1v) is 9.46. The van der Waals surface area contributed by atoms with Crippen LogP contribution in [-0.2, 0) is 6.42 Å². The molecule has 28 heavy (non-hydrogen) atoms. The lowest BCUT2D eigenvalue weighted by Crippen LogP contribution is -2.30. The van der Waals surface area contributed by atoms with Crippen LogP contribution in [0.25, 0.3) is 10.9 Å². The number of para-hydroxylation sites is 1. The molecule has 3 heterocycles. The second kappa shape index (κ2) is 7.56. The molecular formula is C22H24N4O2. The van der Waals surface area contributed by atoms with Crippen molar-refractivity contribution >= 4 is 22.6 Å². The highest BCUT2D eigenvalue weighted by molar-refractivity contribution is 6.07. The van der Waals surface area contributed by atoms with Crippen molar-refractivity contribution in [1.29, 1.82) is 0 Å². The third kappa shape index (κ3) is 3.55. The average Bonchev–Trinajstić information content (AvgIpc) is 3.07. The molecule has 0 aliphatic carbocycles. The molecule has 3 aromatic rings. The Hall–Kier alpha value is -2.99. The van der Waals surface area contributed by atoms with Gasteiger partial charge in [-0.05, 0) is 36.2 Å². The Bertz CT molecular complexity index is 990. The molecule has 1 aliphatic rings. The molecule has 4 rings (SSSR count). The predicted molar refractivity (Wildman–Crippen MR) is 109 cm³/mol. The van der Waals surface area contributed by atoms with Crippen LogP contribution in [0.3, 0.4) is 0 Å². The van der Waals surface area contributed by atoms with Gasteiger partial charge < -0.3 is 14.9 Å². The molecule has 0 bridgehead atoms. The largest absolute Gasteiger partial charge is 0.391 e. The van der Waals surface area contributed by atoms with Crippen LogP contribution in [0.2, 0.25) is 0 Å². The number of hydrogen-bond acceptors (Lipinski definition) is 5. The van der Waals surface area contributed by atoms with Crippen molar-refractivity contribution in [2.24, 2.45) is 5.92 Å². The van der Waals surface area contributed by atoms with Gasteiger partial charge in [0, 0.05) is 50.9 Å². The van der Waals surface area contributed by atoms with Gasteiger partial charge >= 0.3 is 0 Å². The topological polar surface area (TPSA) is 69.6 Å². The van der Waals surface area contributed by atoms with Crippen molar-refractivity contribution in [2.45, 2.75) is 12.5 Å². The van der Waals surface area contributed by atoms with Crippen molar-refractivity contribution in [2.75, 3.05) is 32.1 Å². The number of aliphatic hydroxyl groups is 1. The third-order valence-electron chi connectivity index (χ3n) is 5.33. The molecule has 1 saturated heterocycles. The van der Waals surface area contributed by atoms with Gasteiger partial charge in [0.1, 0.15) is 5.82 Å². The Kier molecular flexibility index (Phi) is 4.96. The monoisotopic (exact) mass is 376 g/mol. The molecule has 1 aliphatic heterocycles. The van der Waals surface area contributed by atoms with Crippen molar-refractivity contribution < 1.29 is 9.90 Å². The van der Waals surface area contributed by atoms with E-state index in [-0.39, 0.29) is 11.8 Å². The Morgan fingerprint density at radius 2 is 1.93 bits per heavy atom. The number of carbonyl (C=O) groups excluding carboxylic acids is 1. The first-order chi connectivity index (χ1) is 13.5. The number of nitrogens with zero attached hydrogens (tertiary/aromatic N) is 4. The molecule has 1 amide bonds. The number of amides is 1. The Morgan fingerprint density at radius 3 is 2.68 bits per heavy atom. The van der Waals surface area contributed by atoms with Crippen LogP contribution in [-0.4, -0.2) is 59.2 Å². The van der Waals surface area contributed by atoms with Crippen molar-refractivity contribution in [3.05, 3.63) is 66.0 Å². The van der Waals surface area contributed by atoms with E-state index in [9.17, 15) is 9.90 Å². The van der Waals surface area contributed by atoms with Gasteiger partial charge in [0.15, 0.2) is 0 Å². The Morgan fingerprint density at radius 1 is 1.18 bits per heavy atom. The fraction of sp³-hybridized carbons (Fsp3) is 0.318. The maximum atomic E-state index is 13.3. The zero-order chi connectivity index (χ0) is 19.7. The number of aromatic nitrogens is 2. The van der Waals surface area contributed by atoms with E-state index in [1.54, 1.807) is 17.3 Å². The number of aliphatic hydroxyl groups excluding tert-OH is 1. The van der Waals surface area contributed by atoms with Crippen molar-refractivity contribution in [1.82, 2.24) is 14.9 Å². The van der Waals surface area contributed by atoms with Gasteiger partial charge in [0.05, 0.1) is 17.2 Å². The summed E-state index contributed by atoms with van der Waals surface area (Å²) in [7, 11) is 3.82. The van der Waals surface area contributed by atoms with Crippen LogP contribution in [0.4, 0.5) is 5.82 Å². The Balaban J connectivity index is 1.61. The molecule has 2 atom stereocenters. The number of carbonyl (C=O) groups is 1. The second-order valence-corrected chi connectivity index (χ2v) is 7.54. The van der Waals surface area contributed by atoms with Gasteiger partial charge in [0.25, 0.3) is 5.91 Å². The van der Waals surface area contributed by atoms with E-state index in [1.807, 2.05) is 61.5 Å². The molecule has 0 saturated carbocycles. The number of fused-ring (bicyclic) bond motifs is 1. The average molecular weight is 376 g/mol. The standard InChI is InChI=1S/C22H24N4O2/c1-25(2)21-12-18(17-5-3-4-6-19(17)24-21)22(28)26-13-16(20(27)14-26)11-15-7-9-23-10-8-15/h3-10,12,16,20,27H,11,13-14H2,1-2H3/t16-,20-/m1/s1. The van der Waals surface area contributed by atoms with E-state index in [0.717, 1.165) is 28.7 Å². The van der Waals surface area contributed by atoms with Crippen molar-refractivity contribution in [3.8, 4) is 0 Å². The zero-order valence-electron chi connectivity index (χ0n) is 16.1. The lowest BCUT2D eigenvalue weighted by molar-refractivity contribution is 0.0766. The molecule has 0 radical (unpaired) electrons. The maximum Gasteiger partial charge on any atom is 0.254 e. The summed E-state index contributed by atoms with van der Waals surface area (Å²) in [6.45, 7) is 0.888. The van der Waals surface area contributed by atoms with Crippen LogP contribution in [0.1, 0.15) is 15.9 Å². The molecule has 0 unspecified atom stereocenters. The number of β-amino-alcohol motifs (C(OH)–C–C–N with tert-alkyl or cyclic N) is 1. The van der Waals surface area contributed by atoms with E-state index in [1.165, 1.54) is 0 Å². The molecule has 1 fully saturated rings. The van der Waals surface area contributed by atoms with Crippen LogP contribution in [0, 0.1) is 5.92 Å². The summed E-state index contributed by atoms with van der Waals surface area (Å²) in [5.74, 6) is 0.709. The number of pyridine rings is 2. The summed E-state index contributed by atoms with van der Waals surface area (Å²) in [6.07, 6.45) is 3.71.